The largest absolute Gasteiger partial charge is 0.482 e. The van der Waals surface area contributed by atoms with Gasteiger partial charge in [0, 0.05) is 38.1 Å². The summed E-state index contributed by atoms with van der Waals surface area (Å²) in [6.45, 7) is 2.36. The number of rotatable bonds is 4. The molecule has 0 radical (unpaired) electrons. The highest BCUT2D eigenvalue weighted by atomic mass is 16.5. The molecule has 2 aromatic rings. The minimum absolute atomic E-state index is 0.0381. The van der Waals surface area contributed by atoms with Gasteiger partial charge in [-0.25, -0.2) is 4.79 Å². The predicted octanol–water partition coefficient (Wildman–Crippen LogP) is 2.62. The van der Waals surface area contributed by atoms with E-state index in [1.54, 1.807) is 25.2 Å². The van der Waals surface area contributed by atoms with Crippen LogP contribution in [0.15, 0.2) is 42.5 Å². The highest BCUT2D eigenvalue weighted by Crippen LogP contribution is 2.33. The minimum Gasteiger partial charge on any atom is -0.482 e. The normalized spacial score (nSPS) is 15.4. The lowest BCUT2D eigenvalue weighted by Gasteiger charge is -2.31. The first-order valence-electron chi connectivity index (χ1n) is 9.53. The van der Waals surface area contributed by atoms with Crippen LogP contribution in [0.1, 0.15) is 12.0 Å². The zero-order chi connectivity index (χ0) is 19.5. The van der Waals surface area contributed by atoms with Gasteiger partial charge in [-0.2, -0.15) is 0 Å². The maximum atomic E-state index is 12.3. The van der Waals surface area contributed by atoms with Gasteiger partial charge in [0.1, 0.15) is 5.75 Å². The molecule has 0 bridgehead atoms. The SMILES string of the molecule is CN1C(=O)COc2ccc(NC(=O)NCCN3CCCc4ccccc43)cc21. The van der Waals surface area contributed by atoms with E-state index >= 15 is 0 Å². The molecule has 2 heterocycles. The number of anilines is 3. The van der Waals surface area contributed by atoms with E-state index in [9.17, 15) is 9.59 Å². The second-order valence-electron chi connectivity index (χ2n) is 7.02. The van der Waals surface area contributed by atoms with Crippen molar-refractivity contribution >= 4 is 29.0 Å². The Morgan fingerprint density at radius 2 is 2.04 bits per heavy atom. The van der Waals surface area contributed by atoms with Gasteiger partial charge in [0.2, 0.25) is 0 Å². The van der Waals surface area contributed by atoms with Gasteiger partial charge >= 0.3 is 6.03 Å². The van der Waals surface area contributed by atoms with E-state index in [-0.39, 0.29) is 18.5 Å². The van der Waals surface area contributed by atoms with Crippen LogP contribution in [0.3, 0.4) is 0 Å². The fourth-order valence-electron chi connectivity index (χ4n) is 3.67. The van der Waals surface area contributed by atoms with Crippen molar-refractivity contribution in [3.05, 3.63) is 48.0 Å². The average molecular weight is 380 g/mol. The summed E-state index contributed by atoms with van der Waals surface area (Å²) in [6, 6.07) is 13.4. The lowest BCUT2D eigenvalue weighted by Crippen LogP contribution is -2.39. The molecule has 0 aromatic heterocycles. The fraction of sp³-hybridized carbons (Fsp3) is 0.333. The molecule has 0 saturated carbocycles. The summed E-state index contributed by atoms with van der Waals surface area (Å²) < 4.78 is 5.40. The number of para-hydroxylation sites is 1. The van der Waals surface area contributed by atoms with Crippen LogP contribution in [0.4, 0.5) is 21.9 Å². The predicted molar refractivity (Wildman–Crippen MR) is 109 cm³/mol. The molecule has 28 heavy (non-hydrogen) atoms. The molecule has 7 nitrogen and oxygen atoms in total. The minimum atomic E-state index is -0.268. The second kappa shape index (κ2) is 7.80. The van der Waals surface area contributed by atoms with Crippen molar-refractivity contribution in [2.45, 2.75) is 12.8 Å². The van der Waals surface area contributed by atoms with Crippen LogP contribution < -0.4 is 25.2 Å². The third kappa shape index (κ3) is 3.74. The van der Waals surface area contributed by atoms with Crippen LogP contribution in [0, 0.1) is 0 Å². The summed E-state index contributed by atoms with van der Waals surface area (Å²) in [7, 11) is 1.70. The maximum Gasteiger partial charge on any atom is 0.319 e. The van der Waals surface area contributed by atoms with Crippen molar-refractivity contribution in [2.24, 2.45) is 0 Å². The topological polar surface area (TPSA) is 73.9 Å². The van der Waals surface area contributed by atoms with Crippen molar-refractivity contribution in [2.75, 3.05) is 48.4 Å². The molecule has 0 spiro atoms. The zero-order valence-corrected chi connectivity index (χ0v) is 15.9. The summed E-state index contributed by atoms with van der Waals surface area (Å²) in [4.78, 5) is 27.9. The Morgan fingerprint density at radius 1 is 1.18 bits per heavy atom. The Hall–Kier alpha value is -3.22. The van der Waals surface area contributed by atoms with Crippen LogP contribution in [-0.2, 0) is 11.2 Å². The van der Waals surface area contributed by atoms with Gasteiger partial charge in [0.25, 0.3) is 5.91 Å². The molecule has 0 saturated heterocycles. The number of ether oxygens (including phenoxy) is 1. The van der Waals surface area contributed by atoms with E-state index in [2.05, 4.69) is 39.8 Å². The molecule has 4 rings (SSSR count). The monoisotopic (exact) mass is 380 g/mol. The third-order valence-corrected chi connectivity index (χ3v) is 5.18. The van der Waals surface area contributed by atoms with Gasteiger partial charge in [-0.3, -0.25) is 4.79 Å². The van der Waals surface area contributed by atoms with E-state index in [0.29, 0.717) is 23.7 Å². The number of urea groups is 1. The van der Waals surface area contributed by atoms with Crippen molar-refractivity contribution in [3.63, 3.8) is 0 Å². The maximum absolute atomic E-state index is 12.3. The Morgan fingerprint density at radius 3 is 2.93 bits per heavy atom. The van der Waals surface area contributed by atoms with Gasteiger partial charge < -0.3 is 25.2 Å². The number of hydrogen-bond donors (Lipinski definition) is 2. The first-order valence-corrected chi connectivity index (χ1v) is 9.53. The van der Waals surface area contributed by atoms with Crippen molar-refractivity contribution in [1.29, 1.82) is 0 Å². The number of carbonyl (C=O) groups is 2. The lowest BCUT2D eigenvalue weighted by molar-refractivity contribution is -0.120. The Balaban J connectivity index is 1.32. The van der Waals surface area contributed by atoms with Gasteiger partial charge in [-0.15, -0.1) is 0 Å². The molecule has 146 valence electrons. The molecule has 0 atom stereocenters. The number of benzene rings is 2. The summed E-state index contributed by atoms with van der Waals surface area (Å²) >= 11 is 0. The number of nitrogens with zero attached hydrogens (tertiary/aromatic N) is 2. The summed E-state index contributed by atoms with van der Waals surface area (Å²) in [5, 5.41) is 5.73. The molecule has 7 heteroatoms. The standard InChI is InChI=1S/C21H24N4O3/c1-24-18-13-16(8-9-19(18)28-14-20(24)26)23-21(27)22-10-12-25-11-4-6-15-5-2-3-7-17(15)25/h2-3,5,7-9,13H,4,6,10-12,14H2,1H3,(H2,22,23,27). The molecule has 2 aliphatic heterocycles. The zero-order valence-electron chi connectivity index (χ0n) is 15.9. The van der Waals surface area contributed by atoms with Crippen molar-refractivity contribution < 1.29 is 14.3 Å². The van der Waals surface area contributed by atoms with Crippen LogP contribution >= 0.6 is 0 Å². The van der Waals surface area contributed by atoms with E-state index < -0.39 is 0 Å². The first kappa shape index (κ1) is 18.2. The van der Waals surface area contributed by atoms with Gasteiger partial charge in [-0.05, 0) is 42.7 Å². The van der Waals surface area contributed by atoms with Gasteiger partial charge in [0.05, 0.1) is 5.69 Å². The number of fused-ring (bicyclic) bond motifs is 2. The van der Waals surface area contributed by atoms with Crippen molar-refractivity contribution in [1.82, 2.24) is 5.32 Å². The third-order valence-electron chi connectivity index (χ3n) is 5.18. The highest BCUT2D eigenvalue weighted by Gasteiger charge is 2.22. The van der Waals surface area contributed by atoms with E-state index in [1.165, 1.54) is 16.2 Å². The van der Waals surface area contributed by atoms with E-state index in [4.69, 9.17) is 4.74 Å². The fourth-order valence-corrected chi connectivity index (χ4v) is 3.67. The molecule has 3 amide bonds. The van der Waals surface area contributed by atoms with Crippen LogP contribution in [0.5, 0.6) is 5.75 Å². The number of aryl methyl sites for hydroxylation is 1. The summed E-state index contributed by atoms with van der Waals surface area (Å²) in [5.74, 6) is 0.521. The molecule has 0 unspecified atom stereocenters. The molecular formula is C21H24N4O3. The summed E-state index contributed by atoms with van der Waals surface area (Å²) in [5.41, 5.74) is 3.90. The highest BCUT2D eigenvalue weighted by molar-refractivity contribution is 5.99. The van der Waals surface area contributed by atoms with Crippen LogP contribution in [-0.4, -0.2) is 45.2 Å². The Bertz CT molecular complexity index is 899. The molecule has 0 fully saturated rings. The van der Waals surface area contributed by atoms with E-state index in [0.717, 1.165) is 25.9 Å². The quantitative estimate of drug-likeness (QED) is 0.855. The second-order valence-corrected chi connectivity index (χ2v) is 7.02. The summed E-state index contributed by atoms with van der Waals surface area (Å²) in [6.07, 6.45) is 2.24. The number of amides is 3. The lowest BCUT2D eigenvalue weighted by atomic mass is 10.0. The van der Waals surface area contributed by atoms with E-state index in [1.807, 2.05) is 0 Å². The average Bonchev–Trinajstić information content (AvgIpc) is 2.71. The number of nitrogens with one attached hydrogen (secondary N) is 2. The molecule has 2 aromatic carbocycles. The van der Waals surface area contributed by atoms with Crippen LogP contribution in [0.25, 0.3) is 0 Å². The Kier molecular flexibility index (Phi) is 5.06. The van der Waals surface area contributed by atoms with Gasteiger partial charge in [-0.1, -0.05) is 18.2 Å². The van der Waals surface area contributed by atoms with Crippen LogP contribution in [0.2, 0.25) is 0 Å². The Labute approximate surface area is 164 Å². The number of likely N-dealkylation sites (N-methyl/N-ethyl adjacent to an activating group) is 1. The first-order chi connectivity index (χ1) is 13.6. The smallest absolute Gasteiger partial charge is 0.319 e. The molecule has 2 N–H and O–H groups in total. The molecule has 2 aliphatic rings. The molecular weight excluding hydrogens is 356 g/mol. The van der Waals surface area contributed by atoms with Gasteiger partial charge in [0.15, 0.2) is 6.61 Å². The molecule has 0 aliphatic carbocycles. The number of carbonyl (C=O) groups excluding carboxylic acids is 2. The number of hydrogen-bond acceptors (Lipinski definition) is 4. The van der Waals surface area contributed by atoms with Crippen molar-refractivity contribution in [3.8, 4) is 5.75 Å².